The van der Waals surface area contributed by atoms with Crippen molar-refractivity contribution in [2.24, 2.45) is 5.92 Å². The summed E-state index contributed by atoms with van der Waals surface area (Å²) in [4.78, 5) is 37.2. The molecule has 2 aliphatic heterocycles. The van der Waals surface area contributed by atoms with Gasteiger partial charge in [0.1, 0.15) is 18.5 Å². The van der Waals surface area contributed by atoms with Crippen LogP contribution in [0.15, 0.2) is 17.1 Å². The van der Waals surface area contributed by atoms with Gasteiger partial charge < -0.3 is 10.5 Å². The zero-order valence-electron chi connectivity index (χ0n) is 14.4. The third-order valence-electron chi connectivity index (χ3n) is 3.89. The SMILES string of the molecule is CC(C)CC(=O)O[P+]1(O)OC[C@H]2O[C@@H](n3ccc(N)nc3=O)C(F)(F)[C@@H]2O1. The molecule has 13 heteroatoms. The monoisotopic (exact) mass is 410 g/mol. The summed E-state index contributed by atoms with van der Waals surface area (Å²) in [6.45, 7) is 2.97. The molecule has 1 aromatic heterocycles. The first-order chi connectivity index (χ1) is 12.5. The third kappa shape index (κ3) is 3.94. The molecule has 0 bridgehead atoms. The van der Waals surface area contributed by atoms with Crippen molar-refractivity contribution in [3.8, 4) is 0 Å². The number of ether oxygens (including phenoxy) is 1. The van der Waals surface area contributed by atoms with E-state index in [1.165, 1.54) is 0 Å². The minimum Gasteiger partial charge on any atom is -0.383 e. The Labute approximate surface area is 152 Å². The Bertz CT molecular complexity index is 792. The largest absolute Gasteiger partial charge is 0.622 e. The molecule has 0 aliphatic carbocycles. The highest BCUT2D eigenvalue weighted by Crippen LogP contribution is 2.65. The van der Waals surface area contributed by atoms with Crippen LogP contribution in [0.2, 0.25) is 0 Å². The van der Waals surface area contributed by atoms with Crippen LogP contribution in [0.25, 0.3) is 0 Å². The van der Waals surface area contributed by atoms with E-state index in [-0.39, 0.29) is 18.2 Å². The van der Waals surface area contributed by atoms with Gasteiger partial charge in [-0.2, -0.15) is 18.7 Å². The van der Waals surface area contributed by atoms with Gasteiger partial charge in [-0.3, -0.25) is 4.57 Å². The quantitative estimate of drug-likeness (QED) is 0.698. The molecular formula is C14H19F2N3O7P+. The van der Waals surface area contributed by atoms with Crippen LogP contribution < -0.4 is 11.4 Å². The molecule has 3 heterocycles. The van der Waals surface area contributed by atoms with E-state index in [4.69, 9.17) is 24.0 Å². The molecular weight excluding hydrogens is 391 g/mol. The fourth-order valence-corrected chi connectivity index (χ4v) is 4.11. The smallest absolute Gasteiger partial charge is 0.383 e. The number of hydrogen-bond donors (Lipinski definition) is 2. The summed E-state index contributed by atoms with van der Waals surface area (Å²) < 4.78 is 50.1. The maximum Gasteiger partial charge on any atom is 0.622 e. The molecule has 2 saturated heterocycles. The van der Waals surface area contributed by atoms with Crippen molar-refractivity contribution >= 4 is 20.0 Å². The van der Waals surface area contributed by atoms with E-state index in [0.717, 1.165) is 12.3 Å². The van der Waals surface area contributed by atoms with E-state index in [9.17, 15) is 23.3 Å². The van der Waals surface area contributed by atoms with Crippen LogP contribution in [-0.4, -0.2) is 45.2 Å². The topological polar surface area (TPSA) is 135 Å². The van der Waals surface area contributed by atoms with Gasteiger partial charge in [0.25, 0.3) is 0 Å². The van der Waals surface area contributed by atoms with E-state index < -0.39 is 50.8 Å². The molecule has 0 saturated carbocycles. The number of fused-ring (bicyclic) bond motifs is 1. The van der Waals surface area contributed by atoms with Crippen molar-refractivity contribution in [3.05, 3.63) is 22.7 Å². The molecule has 0 spiro atoms. The number of nitrogen functional groups attached to an aromatic ring is 1. The van der Waals surface area contributed by atoms with Crippen molar-refractivity contribution in [3.63, 3.8) is 0 Å². The average molecular weight is 410 g/mol. The first-order valence-corrected chi connectivity index (χ1v) is 9.56. The highest BCUT2D eigenvalue weighted by Gasteiger charge is 2.71. The molecule has 2 fully saturated rings. The fraction of sp³-hybridized carbons (Fsp3) is 0.643. The van der Waals surface area contributed by atoms with Crippen LogP contribution >= 0.6 is 8.17 Å². The van der Waals surface area contributed by atoms with Crippen LogP contribution in [0, 0.1) is 5.92 Å². The zero-order valence-corrected chi connectivity index (χ0v) is 15.3. The van der Waals surface area contributed by atoms with Gasteiger partial charge in [0, 0.05) is 6.20 Å². The predicted molar refractivity (Wildman–Crippen MR) is 87.3 cm³/mol. The van der Waals surface area contributed by atoms with Crippen LogP contribution in [0.4, 0.5) is 14.6 Å². The number of nitrogens with zero attached hydrogens (tertiary/aromatic N) is 2. The molecule has 150 valence electrons. The number of rotatable bonds is 4. The average Bonchev–Trinajstić information content (AvgIpc) is 2.77. The van der Waals surface area contributed by atoms with Gasteiger partial charge in [0.05, 0.1) is 6.42 Å². The highest BCUT2D eigenvalue weighted by molar-refractivity contribution is 7.56. The second kappa shape index (κ2) is 7.02. The molecule has 0 aromatic carbocycles. The van der Waals surface area contributed by atoms with Crippen LogP contribution in [0.1, 0.15) is 26.5 Å². The van der Waals surface area contributed by atoms with Gasteiger partial charge in [-0.05, 0) is 12.0 Å². The Morgan fingerprint density at radius 3 is 2.93 bits per heavy atom. The Kier molecular flexibility index (Phi) is 5.21. The lowest BCUT2D eigenvalue weighted by Gasteiger charge is -2.28. The number of carbonyl (C=O) groups excluding carboxylic acids is 1. The fourth-order valence-electron chi connectivity index (χ4n) is 2.72. The standard InChI is InChI=1S/C14H18F2N3O7P/c1-7(2)5-10(20)25-27(22)23-6-8-11(26-27)14(15,16)12(24-8)19-4-3-9(17)18-13(19)21/h3-4,7-8,11-12,22H,5-6H2,1-2H3,(H-,17,18,21)/p+1/t8-,11-,12-,27?/m1/s1. The second-order valence-electron chi connectivity index (χ2n) is 6.60. The van der Waals surface area contributed by atoms with Gasteiger partial charge in [-0.1, -0.05) is 13.8 Å². The lowest BCUT2D eigenvalue weighted by Crippen LogP contribution is -2.46. The molecule has 0 amide bonds. The number of nitrogens with two attached hydrogens (primary N) is 1. The van der Waals surface area contributed by atoms with Gasteiger partial charge in [0.15, 0.2) is 0 Å². The second-order valence-corrected chi connectivity index (χ2v) is 8.18. The molecule has 1 unspecified atom stereocenters. The van der Waals surface area contributed by atoms with E-state index in [1.807, 2.05) is 0 Å². The highest BCUT2D eigenvalue weighted by atomic mass is 31.2. The molecule has 1 aromatic rings. The van der Waals surface area contributed by atoms with Gasteiger partial charge in [0.2, 0.25) is 12.3 Å². The summed E-state index contributed by atoms with van der Waals surface area (Å²) >= 11 is 0. The molecule has 3 rings (SSSR count). The summed E-state index contributed by atoms with van der Waals surface area (Å²) in [7, 11) is -4.30. The number of alkyl halides is 2. The molecule has 3 N–H and O–H groups in total. The minimum atomic E-state index is -4.30. The maximum atomic E-state index is 14.8. The number of hydrogen-bond acceptors (Lipinski definition) is 9. The van der Waals surface area contributed by atoms with Crippen molar-refractivity contribution in [2.45, 2.75) is 44.6 Å². The normalized spacial score (nSPS) is 32.3. The number of anilines is 1. The van der Waals surface area contributed by atoms with Crippen LogP contribution in [0.5, 0.6) is 0 Å². The summed E-state index contributed by atoms with van der Waals surface area (Å²) in [5.41, 5.74) is 4.32. The lowest BCUT2D eigenvalue weighted by molar-refractivity contribution is -0.150. The Hall–Kier alpha value is -1.72. The van der Waals surface area contributed by atoms with E-state index in [0.29, 0.717) is 4.57 Å². The molecule has 0 radical (unpaired) electrons. The molecule has 10 nitrogen and oxygen atoms in total. The van der Waals surface area contributed by atoms with Gasteiger partial charge in [-0.15, -0.1) is 9.05 Å². The Morgan fingerprint density at radius 2 is 2.30 bits per heavy atom. The first-order valence-electron chi connectivity index (χ1n) is 8.07. The van der Waals surface area contributed by atoms with E-state index >= 15 is 0 Å². The predicted octanol–water partition coefficient (Wildman–Crippen LogP) is 1.03. The molecule has 2 aliphatic rings. The van der Waals surface area contributed by atoms with E-state index in [2.05, 4.69) is 4.98 Å². The maximum absolute atomic E-state index is 14.8. The van der Waals surface area contributed by atoms with Gasteiger partial charge >= 0.3 is 25.8 Å². The summed E-state index contributed by atoms with van der Waals surface area (Å²) in [6.07, 6.45) is -4.35. The number of halogens is 2. The van der Waals surface area contributed by atoms with Crippen molar-refractivity contribution in [1.82, 2.24) is 9.55 Å². The van der Waals surface area contributed by atoms with Crippen molar-refractivity contribution in [2.75, 3.05) is 12.3 Å². The van der Waals surface area contributed by atoms with Crippen LogP contribution in [-0.2, 0) is 23.1 Å². The zero-order chi connectivity index (χ0) is 20.0. The molecule has 27 heavy (non-hydrogen) atoms. The van der Waals surface area contributed by atoms with E-state index in [1.54, 1.807) is 13.8 Å². The van der Waals surface area contributed by atoms with Crippen LogP contribution in [0.3, 0.4) is 0 Å². The Balaban J connectivity index is 1.80. The summed E-state index contributed by atoms with van der Waals surface area (Å²) in [5, 5.41) is 0. The third-order valence-corrected chi connectivity index (χ3v) is 5.30. The summed E-state index contributed by atoms with van der Waals surface area (Å²) in [6, 6.07) is 1.16. The van der Waals surface area contributed by atoms with Gasteiger partial charge in [-0.25, -0.2) is 14.1 Å². The molecule has 4 atom stereocenters. The van der Waals surface area contributed by atoms with Crippen molar-refractivity contribution < 1.29 is 36.8 Å². The first kappa shape index (κ1) is 20.0. The Morgan fingerprint density at radius 1 is 1.59 bits per heavy atom. The number of aromatic nitrogens is 2. The number of carbonyl (C=O) groups is 1. The van der Waals surface area contributed by atoms with Crippen molar-refractivity contribution in [1.29, 1.82) is 0 Å². The minimum absolute atomic E-state index is 0.0505. The summed E-state index contributed by atoms with van der Waals surface area (Å²) in [5.74, 6) is -4.79. The lowest BCUT2D eigenvalue weighted by atomic mass is 10.1.